The number of ether oxygens (including phenoxy) is 1. The Kier molecular flexibility index (Phi) is 3.97. The molecule has 4 nitrogen and oxygen atoms in total. The van der Waals surface area contributed by atoms with E-state index in [1.54, 1.807) is 0 Å². The first-order chi connectivity index (χ1) is 8.18. The van der Waals surface area contributed by atoms with Crippen molar-refractivity contribution in [1.82, 2.24) is 4.98 Å². The van der Waals surface area contributed by atoms with Gasteiger partial charge in [0.15, 0.2) is 0 Å². The molecule has 1 aromatic heterocycles. The molecule has 1 aromatic rings. The summed E-state index contributed by atoms with van der Waals surface area (Å²) in [7, 11) is 2.09. The largest absolute Gasteiger partial charge is 0.379 e. The van der Waals surface area contributed by atoms with Crippen molar-refractivity contribution in [2.24, 2.45) is 5.73 Å². The summed E-state index contributed by atoms with van der Waals surface area (Å²) in [6, 6.07) is 4.68. The van der Waals surface area contributed by atoms with Crippen LogP contribution in [0.2, 0.25) is 0 Å². The SMILES string of the molecule is CC(N)Cc1cccnc1N(C)C1CCOC1. The Morgan fingerprint density at radius 3 is 3.12 bits per heavy atom. The number of likely N-dealkylation sites (N-methyl/N-ethyl adjacent to an activating group) is 1. The predicted octanol–water partition coefficient (Wildman–Crippen LogP) is 1.20. The molecule has 94 valence electrons. The van der Waals surface area contributed by atoms with Gasteiger partial charge in [0.1, 0.15) is 5.82 Å². The van der Waals surface area contributed by atoms with E-state index in [9.17, 15) is 0 Å². The lowest BCUT2D eigenvalue weighted by molar-refractivity contribution is 0.193. The van der Waals surface area contributed by atoms with Gasteiger partial charge >= 0.3 is 0 Å². The van der Waals surface area contributed by atoms with Gasteiger partial charge in [0, 0.05) is 25.9 Å². The van der Waals surface area contributed by atoms with E-state index in [4.69, 9.17) is 10.5 Å². The van der Waals surface area contributed by atoms with Crippen LogP contribution >= 0.6 is 0 Å². The molecule has 17 heavy (non-hydrogen) atoms. The van der Waals surface area contributed by atoms with Crippen molar-refractivity contribution in [3.8, 4) is 0 Å². The fraction of sp³-hybridized carbons (Fsp3) is 0.615. The van der Waals surface area contributed by atoms with Gasteiger partial charge in [0.2, 0.25) is 0 Å². The van der Waals surface area contributed by atoms with E-state index in [-0.39, 0.29) is 6.04 Å². The molecule has 2 unspecified atom stereocenters. The van der Waals surface area contributed by atoms with E-state index < -0.39 is 0 Å². The van der Waals surface area contributed by atoms with Crippen LogP contribution in [0, 0.1) is 0 Å². The molecule has 2 N–H and O–H groups in total. The number of aromatic nitrogens is 1. The average Bonchev–Trinajstić information content (AvgIpc) is 2.81. The average molecular weight is 235 g/mol. The Hall–Kier alpha value is -1.13. The summed E-state index contributed by atoms with van der Waals surface area (Å²) < 4.78 is 5.43. The number of anilines is 1. The summed E-state index contributed by atoms with van der Waals surface area (Å²) in [4.78, 5) is 6.72. The van der Waals surface area contributed by atoms with Crippen LogP contribution in [-0.2, 0) is 11.2 Å². The molecule has 0 bridgehead atoms. The lowest BCUT2D eigenvalue weighted by Crippen LogP contribution is -2.33. The van der Waals surface area contributed by atoms with E-state index in [1.165, 1.54) is 5.56 Å². The smallest absolute Gasteiger partial charge is 0.131 e. The van der Waals surface area contributed by atoms with Gasteiger partial charge in [-0.3, -0.25) is 0 Å². The van der Waals surface area contributed by atoms with Crippen LogP contribution in [0.25, 0.3) is 0 Å². The van der Waals surface area contributed by atoms with Crippen LogP contribution in [0.15, 0.2) is 18.3 Å². The number of rotatable bonds is 4. The number of nitrogens with two attached hydrogens (primary N) is 1. The van der Waals surface area contributed by atoms with Crippen LogP contribution in [0.5, 0.6) is 0 Å². The highest BCUT2D eigenvalue weighted by molar-refractivity contribution is 5.47. The number of hydrogen-bond acceptors (Lipinski definition) is 4. The molecular formula is C13H21N3O. The molecule has 1 aliphatic heterocycles. The molecule has 2 heterocycles. The van der Waals surface area contributed by atoms with E-state index in [2.05, 4.69) is 23.0 Å². The quantitative estimate of drug-likeness (QED) is 0.852. The maximum atomic E-state index is 5.88. The zero-order valence-electron chi connectivity index (χ0n) is 10.6. The molecule has 0 aliphatic carbocycles. The molecule has 0 saturated carbocycles. The lowest BCUT2D eigenvalue weighted by atomic mass is 10.1. The van der Waals surface area contributed by atoms with Crippen LogP contribution in [0.3, 0.4) is 0 Å². The molecule has 1 fully saturated rings. The van der Waals surface area contributed by atoms with Gasteiger partial charge in [-0.25, -0.2) is 4.98 Å². The summed E-state index contributed by atoms with van der Waals surface area (Å²) in [6.07, 6.45) is 3.78. The zero-order valence-corrected chi connectivity index (χ0v) is 10.6. The monoisotopic (exact) mass is 235 g/mol. The lowest BCUT2D eigenvalue weighted by Gasteiger charge is -2.26. The maximum absolute atomic E-state index is 5.88. The van der Waals surface area contributed by atoms with E-state index in [0.29, 0.717) is 6.04 Å². The van der Waals surface area contributed by atoms with Crippen LogP contribution in [-0.4, -0.2) is 37.3 Å². The van der Waals surface area contributed by atoms with Gasteiger partial charge in [0.25, 0.3) is 0 Å². The maximum Gasteiger partial charge on any atom is 0.131 e. The second-order valence-electron chi connectivity index (χ2n) is 4.80. The number of hydrogen-bond donors (Lipinski definition) is 1. The van der Waals surface area contributed by atoms with Gasteiger partial charge in [0.05, 0.1) is 12.6 Å². The third-order valence-electron chi connectivity index (χ3n) is 3.20. The van der Waals surface area contributed by atoms with Crippen molar-refractivity contribution in [1.29, 1.82) is 0 Å². The van der Waals surface area contributed by atoms with Crippen LogP contribution in [0.1, 0.15) is 18.9 Å². The minimum absolute atomic E-state index is 0.158. The van der Waals surface area contributed by atoms with Crippen molar-refractivity contribution >= 4 is 5.82 Å². The van der Waals surface area contributed by atoms with Crippen molar-refractivity contribution in [3.05, 3.63) is 23.9 Å². The minimum Gasteiger partial charge on any atom is -0.379 e. The van der Waals surface area contributed by atoms with Crippen molar-refractivity contribution in [3.63, 3.8) is 0 Å². The van der Waals surface area contributed by atoms with Gasteiger partial charge in [-0.2, -0.15) is 0 Å². The Balaban J connectivity index is 2.18. The second kappa shape index (κ2) is 5.47. The fourth-order valence-corrected chi connectivity index (χ4v) is 2.25. The molecule has 0 aromatic carbocycles. The summed E-state index contributed by atoms with van der Waals surface area (Å²) in [5.41, 5.74) is 7.10. The molecule has 1 saturated heterocycles. The highest BCUT2D eigenvalue weighted by atomic mass is 16.5. The van der Waals surface area contributed by atoms with Crippen molar-refractivity contribution in [2.75, 3.05) is 25.2 Å². The molecule has 1 aliphatic rings. The van der Waals surface area contributed by atoms with Crippen LogP contribution < -0.4 is 10.6 Å². The van der Waals surface area contributed by atoms with Gasteiger partial charge in [-0.15, -0.1) is 0 Å². The topological polar surface area (TPSA) is 51.4 Å². The second-order valence-corrected chi connectivity index (χ2v) is 4.80. The van der Waals surface area contributed by atoms with E-state index in [0.717, 1.165) is 31.9 Å². The molecule has 2 atom stereocenters. The van der Waals surface area contributed by atoms with Gasteiger partial charge < -0.3 is 15.4 Å². The predicted molar refractivity (Wildman–Crippen MR) is 69.2 cm³/mol. The first-order valence-electron chi connectivity index (χ1n) is 6.18. The van der Waals surface area contributed by atoms with Gasteiger partial charge in [-0.05, 0) is 31.4 Å². The number of nitrogens with zero attached hydrogens (tertiary/aromatic N) is 2. The van der Waals surface area contributed by atoms with E-state index in [1.807, 2.05) is 19.2 Å². The standard InChI is InChI=1S/C13H21N3O/c1-10(14)8-11-4-3-6-15-13(11)16(2)12-5-7-17-9-12/h3-4,6,10,12H,5,7-9,14H2,1-2H3. The Morgan fingerprint density at radius 1 is 1.65 bits per heavy atom. The van der Waals surface area contributed by atoms with Crippen molar-refractivity contribution < 1.29 is 4.74 Å². The minimum atomic E-state index is 0.158. The first-order valence-corrected chi connectivity index (χ1v) is 6.18. The highest BCUT2D eigenvalue weighted by Crippen LogP contribution is 2.22. The molecule has 4 heteroatoms. The van der Waals surface area contributed by atoms with E-state index >= 15 is 0 Å². The molecular weight excluding hydrogens is 214 g/mol. The molecule has 0 radical (unpaired) electrons. The molecule has 0 spiro atoms. The summed E-state index contributed by atoms with van der Waals surface area (Å²) in [5.74, 6) is 1.04. The Labute approximate surface area is 103 Å². The van der Waals surface area contributed by atoms with Gasteiger partial charge in [-0.1, -0.05) is 6.07 Å². The number of pyridine rings is 1. The zero-order chi connectivity index (χ0) is 12.3. The highest BCUT2D eigenvalue weighted by Gasteiger charge is 2.23. The first kappa shape index (κ1) is 12.3. The molecule has 2 rings (SSSR count). The normalized spacial score (nSPS) is 21.5. The summed E-state index contributed by atoms with van der Waals surface area (Å²) >= 11 is 0. The third-order valence-corrected chi connectivity index (χ3v) is 3.20. The third kappa shape index (κ3) is 2.96. The summed E-state index contributed by atoms with van der Waals surface area (Å²) in [6.45, 7) is 3.67. The fourth-order valence-electron chi connectivity index (χ4n) is 2.25. The van der Waals surface area contributed by atoms with Crippen molar-refractivity contribution in [2.45, 2.75) is 31.8 Å². The summed E-state index contributed by atoms with van der Waals surface area (Å²) in [5, 5.41) is 0. The van der Waals surface area contributed by atoms with Crippen LogP contribution in [0.4, 0.5) is 5.82 Å². The molecule has 0 amide bonds. The Morgan fingerprint density at radius 2 is 2.47 bits per heavy atom. The Bertz CT molecular complexity index is 361.